The molecule has 30 heavy (non-hydrogen) atoms. The van der Waals surface area contributed by atoms with Crippen molar-refractivity contribution in [1.29, 1.82) is 0 Å². The highest BCUT2D eigenvalue weighted by molar-refractivity contribution is 8.00. The standard InChI is InChI=1S/C22H20N4O2S2/c27-20-13-29-18-7-6-15(10-17(18)23-20)21(28)25-22-24-16-8-9-26(12-19(16)30-22)11-14-4-2-1-3-5-14/h1-7,10H,8-9,11-13H2,(H,23,27)(H,24,25,28). The Morgan fingerprint density at radius 3 is 2.93 bits per heavy atom. The van der Waals surface area contributed by atoms with Crippen LogP contribution < -0.4 is 10.6 Å². The van der Waals surface area contributed by atoms with Gasteiger partial charge in [-0.25, -0.2) is 4.98 Å². The predicted molar refractivity (Wildman–Crippen MR) is 120 cm³/mol. The number of amides is 2. The van der Waals surface area contributed by atoms with Crippen molar-refractivity contribution in [2.24, 2.45) is 0 Å². The number of fused-ring (bicyclic) bond motifs is 2. The Kier molecular flexibility index (Phi) is 5.28. The van der Waals surface area contributed by atoms with Crippen molar-refractivity contribution < 1.29 is 9.59 Å². The van der Waals surface area contributed by atoms with Crippen molar-refractivity contribution >= 4 is 45.7 Å². The SMILES string of the molecule is O=C1CSc2ccc(C(=O)Nc3nc4c(s3)CN(Cc3ccccc3)CC4)cc2N1. The first kappa shape index (κ1) is 19.3. The van der Waals surface area contributed by atoms with Crippen LogP contribution in [0.1, 0.15) is 26.5 Å². The van der Waals surface area contributed by atoms with Gasteiger partial charge in [0.15, 0.2) is 5.13 Å². The van der Waals surface area contributed by atoms with E-state index in [9.17, 15) is 9.59 Å². The second-order valence-electron chi connectivity index (χ2n) is 7.34. The molecule has 6 nitrogen and oxygen atoms in total. The quantitative estimate of drug-likeness (QED) is 0.647. The van der Waals surface area contributed by atoms with Gasteiger partial charge in [-0.05, 0) is 23.8 Å². The molecule has 0 aliphatic carbocycles. The lowest BCUT2D eigenvalue weighted by molar-refractivity contribution is -0.113. The van der Waals surface area contributed by atoms with Gasteiger partial charge in [-0.15, -0.1) is 23.1 Å². The number of nitrogens with one attached hydrogen (secondary N) is 2. The molecule has 2 aromatic carbocycles. The van der Waals surface area contributed by atoms with E-state index in [4.69, 9.17) is 0 Å². The third-order valence-electron chi connectivity index (χ3n) is 5.15. The Labute approximate surface area is 182 Å². The normalized spacial score (nSPS) is 15.8. The summed E-state index contributed by atoms with van der Waals surface area (Å²) in [4.78, 5) is 33.6. The number of nitrogens with zero attached hydrogens (tertiary/aromatic N) is 2. The number of aromatic nitrogens is 1. The summed E-state index contributed by atoms with van der Waals surface area (Å²) >= 11 is 3.02. The number of carbonyl (C=O) groups excluding carboxylic acids is 2. The number of anilines is 2. The van der Waals surface area contributed by atoms with Gasteiger partial charge in [0.2, 0.25) is 5.91 Å². The van der Waals surface area contributed by atoms with Crippen molar-refractivity contribution in [3.05, 3.63) is 70.2 Å². The van der Waals surface area contributed by atoms with Gasteiger partial charge in [-0.3, -0.25) is 19.8 Å². The Morgan fingerprint density at radius 1 is 1.20 bits per heavy atom. The van der Waals surface area contributed by atoms with E-state index in [1.165, 1.54) is 22.2 Å². The molecule has 2 amide bonds. The fraction of sp³-hybridized carbons (Fsp3) is 0.227. The largest absolute Gasteiger partial charge is 0.324 e. The van der Waals surface area contributed by atoms with Crippen LogP contribution in [0.5, 0.6) is 0 Å². The number of thioether (sulfide) groups is 1. The topological polar surface area (TPSA) is 74.3 Å². The Hall–Kier alpha value is -2.68. The smallest absolute Gasteiger partial charge is 0.257 e. The summed E-state index contributed by atoms with van der Waals surface area (Å²) < 4.78 is 0. The molecule has 0 saturated carbocycles. The number of hydrogen-bond acceptors (Lipinski definition) is 6. The lowest BCUT2D eigenvalue weighted by Crippen LogP contribution is -2.29. The van der Waals surface area contributed by atoms with Crippen molar-refractivity contribution in [1.82, 2.24) is 9.88 Å². The highest BCUT2D eigenvalue weighted by Gasteiger charge is 2.22. The Bertz CT molecular complexity index is 1110. The van der Waals surface area contributed by atoms with E-state index in [2.05, 4.69) is 44.8 Å². The molecule has 5 rings (SSSR count). The maximum atomic E-state index is 12.7. The fourth-order valence-corrected chi connectivity index (χ4v) is 5.51. The summed E-state index contributed by atoms with van der Waals surface area (Å²) in [6.07, 6.45) is 0.886. The zero-order chi connectivity index (χ0) is 20.5. The fourth-order valence-electron chi connectivity index (χ4n) is 3.67. The minimum atomic E-state index is -0.213. The summed E-state index contributed by atoms with van der Waals surface area (Å²) in [7, 11) is 0. The van der Waals surface area contributed by atoms with Gasteiger partial charge in [0.25, 0.3) is 5.91 Å². The molecular formula is C22H20N4O2S2. The molecule has 152 valence electrons. The van der Waals surface area contributed by atoms with Gasteiger partial charge in [-0.1, -0.05) is 30.3 Å². The zero-order valence-corrected chi connectivity index (χ0v) is 17.8. The minimum absolute atomic E-state index is 0.0438. The van der Waals surface area contributed by atoms with Crippen LogP contribution in [0.2, 0.25) is 0 Å². The molecule has 3 heterocycles. The predicted octanol–water partition coefficient (Wildman–Crippen LogP) is 4.00. The lowest BCUT2D eigenvalue weighted by Gasteiger charge is -2.25. The molecule has 0 spiro atoms. The Morgan fingerprint density at radius 2 is 2.07 bits per heavy atom. The molecule has 0 unspecified atom stereocenters. The van der Waals surface area contributed by atoms with E-state index in [1.807, 2.05) is 12.1 Å². The molecule has 3 aromatic rings. The maximum Gasteiger partial charge on any atom is 0.257 e. The molecule has 0 atom stereocenters. The average molecular weight is 437 g/mol. The Balaban J connectivity index is 1.26. The molecule has 2 aliphatic heterocycles. The minimum Gasteiger partial charge on any atom is -0.324 e. The summed E-state index contributed by atoms with van der Waals surface area (Å²) in [5.74, 6) is 0.150. The van der Waals surface area contributed by atoms with E-state index >= 15 is 0 Å². The van der Waals surface area contributed by atoms with E-state index in [0.717, 1.165) is 36.6 Å². The van der Waals surface area contributed by atoms with Gasteiger partial charge >= 0.3 is 0 Å². The summed E-state index contributed by atoms with van der Waals surface area (Å²) in [6.45, 7) is 2.72. The van der Waals surface area contributed by atoms with Crippen LogP contribution in [-0.2, 0) is 24.3 Å². The third-order valence-corrected chi connectivity index (χ3v) is 7.23. The van der Waals surface area contributed by atoms with Crippen molar-refractivity contribution in [3.63, 3.8) is 0 Å². The van der Waals surface area contributed by atoms with Gasteiger partial charge in [-0.2, -0.15) is 0 Å². The first-order valence-corrected chi connectivity index (χ1v) is 11.6. The first-order chi connectivity index (χ1) is 14.6. The number of benzene rings is 2. The highest BCUT2D eigenvalue weighted by atomic mass is 32.2. The van der Waals surface area contributed by atoms with E-state index in [-0.39, 0.29) is 11.8 Å². The van der Waals surface area contributed by atoms with E-state index in [0.29, 0.717) is 22.1 Å². The molecule has 0 fully saturated rings. The van der Waals surface area contributed by atoms with Gasteiger partial charge in [0.1, 0.15) is 0 Å². The summed E-state index contributed by atoms with van der Waals surface area (Å²) in [6, 6.07) is 15.8. The van der Waals surface area contributed by atoms with Crippen LogP contribution >= 0.6 is 23.1 Å². The first-order valence-electron chi connectivity index (χ1n) is 9.77. The van der Waals surface area contributed by atoms with E-state index < -0.39 is 0 Å². The van der Waals surface area contributed by atoms with Gasteiger partial charge in [0, 0.05) is 41.4 Å². The number of hydrogen-bond donors (Lipinski definition) is 2. The van der Waals surface area contributed by atoms with E-state index in [1.54, 1.807) is 23.5 Å². The van der Waals surface area contributed by atoms with Crippen molar-refractivity contribution in [2.45, 2.75) is 24.4 Å². The summed E-state index contributed by atoms with van der Waals surface area (Å²) in [5, 5.41) is 6.38. The summed E-state index contributed by atoms with van der Waals surface area (Å²) in [5.41, 5.74) is 3.58. The molecule has 0 radical (unpaired) electrons. The number of thiazole rings is 1. The van der Waals surface area contributed by atoms with Crippen LogP contribution in [0.25, 0.3) is 0 Å². The van der Waals surface area contributed by atoms with Crippen LogP contribution in [-0.4, -0.2) is 34.0 Å². The monoisotopic (exact) mass is 436 g/mol. The van der Waals surface area contributed by atoms with Gasteiger partial charge in [0.05, 0.1) is 17.1 Å². The zero-order valence-electron chi connectivity index (χ0n) is 16.2. The number of carbonyl (C=O) groups is 2. The van der Waals surface area contributed by atoms with Gasteiger partial charge < -0.3 is 5.32 Å². The highest BCUT2D eigenvalue weighted by Crippen LogP contribution is 2.33. The third kappa shape index (κ3) is 4.12. The molecule has 0 saturated heterocycles. The van der Waals surface area contributed by atoms with Crippen molar-refractivity contribution in [2.75, 3.05) is 22.9 Å². The number of rotatable bonds is 4. The van der Waals surface area contributed by atoms with Crippen LogP contribution in [0.3, 0.4) is 0 Å². The van der Waals surface area contributed by atoms with Crippen LogP contribution in [0.4, 0.5) is 10.8 Å². The van der Waals surface area contributed by atoms with Crippen molar-refractivity contribution in [3.8, 4) is 0 Å². The molecule has 8 heteroatoms. The molecule has 2 N–H and O–H groups in total. The molecule has 1 aromatic heterocycles. The van der Waals surface area contributed by atoms with Crippen LogP contribution in [0.15, 0.2) is 53.4 Å². The second-order valence-corrected chi connectivity index (χ2v) is 9.44. The van der Waals surface area contributed by atoms with Crippen LogP contribution in [0, 0.1) is 0 Å². The average Bonchev–Trinajstić information content (AvgIpc) is 3.15. The molecule has 2 aliphatic rings. The maximum absolute atomic E-state index is 12.7. The molecule has 0 bridgehead atoms. The second kappa shape index (κ2) is 8.22. The lowest BCUT2D eigenvalue weighted by atomic mass is 10.1. The molecular weight excluding hydrogens is 416 g/mol.